The number of carbonyl (C=O) groups excluding carboxylic acids is 1. The smallest absolute Gasteiger partial charge is 0.417 e. The van der Waals surface area contributed by atoms with Crippen LogP contribution in [0, 0.1) is 18.6 Å². The highest BCUT2D eigenvalue weighted by atomic mass is 19.4. The highest BCUT2D eigenvalue weighted by Crippen LogP contribution is 2.33. The average molecular weight is 689 g/mol. The van der Waals surface area contributed by atoms with Crippen molar-refractivity contribution in [1.82, 2.24) is 14.9 Å². The van der Waals surface area contributed by atoms with Crippen molar-refractivity contribution in [1.29, 1.82) is 0 Å². The minimum Gasteiger partial charge on any atom is -0.480 e. The highest BCUT2D eigenvalue weighted by Gasteiger charge is 2.38. The lowest BCUT2D eigenvalue weighted by Crippen LogP contribution is -2.35. The molecule has 4 aromatic rings. The molecule has 0 saturated carbocycles. The van der Waals surface area contributed by atoms with Crippen LogP contribution in [-0.2, 0) is 18.0 Å². The Balaban J connectivity index is 0.000000317. The fourth-order valence-electron chi connectivity index (χ4n) is 4.33. The maximum Gasteiger partial charge on any atom is 0.417 e. The Kier molecular flexibility index (Phi) is 13.2. The highest BCUT2D eigenvalue weighted by molar-refractivity contribution is 5.97. The first-order valence-electron chi connectivity index (χ1n) is 14.3. The van der Waals surface area contributed by atoms with E-state index in [1.807, 2.05) is 32.2 Å². The maximum absolute atomic E-state index is 13.8. The van der Waals surface area contributed by atoms with Crippen molar-refractivity contribution < 1.29 is 49.8 Å². The Morgan fingerprint density at radius 3 is 2.10 bits per heavy atom. The number of carbonyl (C=O) groups is 2. The van der Waals surface area contributed by atoms with Gasteiger partial charge in [-0.05, 0) is 43.2 Å². The summed E-state index contributed by atoms with van der Waals surface area (Å²) in [7, 11) is 1.31. The van der Waals surface area contributed by atoms with Gasteiger partial charge in [-0.2, -0.15) is 26.3 Å². The summed E-state index contributed by atoms with van der Waals surface area (Å²) in [5.41, 5.74) is -1.06. The molecule has 0 radical (unpaired) electrons. The number of carboxylic acids is 1. The quantitative estimate of drug-likeness (QED) is 0.174. The van der Waals surface area contributed by atoms with Crippen molar-refractivity contribution in [3.05, 3.63) is 93.5 Å². The van der Waals surface area contributed by atoms with Crippen molar-refractivity contribution in [2.75, 3.05) is 11.9 Å². The average Bonchev–Trinajstić information content (AvgIpc) is 3.00. The number of pyridine rings is 2. The zero-order valence-corrected chi connectivity index (χ0v) is 26.3. The fourth-order valence-corrected chi connectivity index (χ4v) is 4.33. The number of hydrogen-bond acceptors (Lipinski definition) is 5. The topological polar surface area (TPSA) is 113 Å². The number of aryl methyl sites for hydroxylation is 2. The molecular formula is C32H32F8N4O4. The summed E-state index contributed by atoms with van der Waals surface area (Å²) >= 11 is 0. The van der Waals surface area contributed by atoms with E-state index < -0.39 is 70.8 Å². The minimum absolute atomic E-state index is 0.00831. The molecule has 0 spiro atoms. The first-order chi connectivity index (χ1) is 22.3. The van der Waals surface area contributed by atoms with E-state index in [-0.39, 0.29) is 12.0 Å². The van der Waals surface area contributed by atoms with Crippen LogP contribution in [-0.4, -0.2) is 45.3 Å². The molecule has 2 aromatic heterocycles. The Hall–Kier alpha value is -5.02. The van der Waals surface area contributed by atoms with Gasteiger partial charge in [-0.15, -0.1) is 0 Å². The summed E-state index contributed by atoms with van der Waals surface area (Å²) < 4.78 is 105. The van der Waals surface area contributed by atoms with Crippen LogP contribution in [0.4, 0.5) is 40.8 Å². The molecule has 0 aliphatic heterocycles. The Morgan fingerprint density at radius 1 is 0.979 bits per heavy atom. The molecule has 2 heterocycles. The van der Waals surface area contributed by atoms with E-state index in [1.165, 1.54) is 14.0 Å². The molecular weight excluding hydrogens is 656 g/mol. The van der Waals surface area contributed by atoms with Gasteiger partial charge >= 0.3 is 18.3 Å². The van der Waals surface area contributed by atoms with Gasteiger partial charge in [0, 0.05) is 41.6 Å². The lowest BCUT2D eigenvalue weighted by Gasteiger charge is -2.21. The molecule has 8 nitrogen and oxygen atoms in total. The molecule has 16 heteroatoms. The molecule has 2 aromatic carbocycles. The Morgan fingerprint density at radius 2 is 1.58 bits per heavy atom. The third-order valence-corrected chi connectivity index (χ3v) is 6.60. The molecule has 260 valence electrons. The van der Waals surface area contributed by atoms with Gasteiger partial charge in [0.05, 0.1) is 11.1 Å². The van der Waals surface area contributed by atoms with E-state index in [0.29, 0.717) is 23.2 Å². The number of fused-ring (bicyclic) bond motifs is 1. The van der Waals surface area contributed by atoms with Crippen LogP contribution < -0.4 is 16.2 Å². The van der Waals surface area contributed by atoms with Gasteiger partial charge < -0.3 is 20.3 Å². The van der Waals surface area contributed by atoms with E-state index in [0.717, 1.165) is 27.8 Å². The maximum atomic E-state index is 13.8. The van der Waals surface area contributed by atoms with Gasteiger partial charge in [0.1, 0.15) is 29.8 Å². The molecule has 3 N–H and O–H groups in total. The van der Waals surface area contributed by atoms with Gasteiger partial charge in [0.25, 0.3) is 11.5 Å². The van der Waals surface area contributed by atoms with Crippen LogP contribution in [0.5, 0.6) is 0 Å². The first-order valence-corrected chi connectivity index (χ1v) is 14.3. The van der Waals surface area contributed by atoms with Gasteiger partial charge in [-0.25, -0.2) is 8.78 Å². The van der Waals surface area contributed by atoms with Crippen LogP contribution in [0.3, 0.4) is 0 Å². The molecule has 0 bridgehead atoms. The number of rotatable bonds is 7. The number of carboxylic acid groups (broad SMARTS) is 1. The Labute approximate surface area is 269 Å². The number of nitrogens with one attached hydrogen (secondary N) is 2. The predicted octanol–water partition coefficient (Wildman–Crippen LogP) is 7.49. The number of aromatic nitrogens is 2. The van der Waals surface area contributed by atoms with Gasteiger partial charge in [0.15, 0.2) is 0 Å². The zero-order chi connectivity index (χ0) is 36.6. The van der Waals surface area contributed by atoms with E-state index in [4.69, 9.17) is 5.11 Å². The van der Waals surface area contributed by atoms with Gasteiger partial charge in [-0.3, -0.25) is 19.4 Å². The van der Waals surface area contributed by atoms with Gasteiger partial charge in [-0.1, -0.05) is 39.0 Å². The van der Waals surface area contributed by atoms with Crippen LogP contribution in [0.2, 0.25) is 0 Å². The number of nitrogens with zero attached hydrogens (tertiary/aromatic N) is 2. The number of amides is 1. The molecule has 0 aliphatic rings. The summed E-state index contributed by atoms with van der Waals surface area (Å²) in [5.74, 6) is -5.56. The van der Waals surface area contributed by atoms with Crippen LogP contribution in [0.1, 0.15) is 48.7 Å². The molecule has 1 atom stereocenters. The molecule has 4 rings (SSSR count). The van der Waals surface area contributed by atoms with Crippen molar-refractivity contribution in [2.24, 2.45) is 7.05 Å². The summed E-state index contributed by atoms with van der Waals surface area (Å²) in [5, 5.41) is 12.9. The molecule has 0 fully saturated rings. The van der Waals surface area contributed by atoms with Crippen molar-refractivity contribution in [3.63, 3.8) is 0 Å². The zero-order valence-electron chi connectivity index (χ0n) is 26.3. The summed E-state index contributed by atoms with van der Waals surface area (Å²) in [6.45, 7) is 6.27. The molecule has 0 aliphatic carbocycles. The second kappa shape index (κ2) is 16.2. The largest absolute Gasteiger partial charge is 0.480 e. The third kappa shape index (κ3) is 9.75. The van der Waals surface area contributed by atoms with Gasteiger partial charge in [0.2, 0.25) is 0 Å². The molecule has 1 amide bonds. The summed E-state index contributed by atoms with van der Waals surface area (Å²) in [4.78, 5) is 38.4. The normalized spacial score (nSPS) is 11.9. The molecule has 1 unspecified atom stereocenters. The lowest BCUT2D eigenvalue weighted by atomic mass is 9.99. The SMILES string of the molecule is CC.CCC(Nc1cc(F)c(C(=O)NCC(=O)O)c(F)c1)C(F)(F)F.Cc1ccc(-c2cc(C(F)(F)F)cn(C)c2=O)c2ncccc12. The van der Waals surface area contributed by atoms with E-state index >= 15 is 0 Å². The number of hydrogen-bond donors (Lipinski definition) is 3. The van der Waals surface area contributed by atoms with Crippen LogP contribution in [0.15, 0.2) is 59.7 Å². The van der Waals surface area contributed by atoms with E-state index in [1.54, 1.807) is 29.7 Å². The molecule has 0 saturated heterocycles. The number of alkyl halides is 6. The number of anilines is 1. The third-order valence-electron chi connectivity index (χ3n) is 6.60. The number of halogens is 8. The number of aliphatic carboxylic acids is 1. The second-order valence-corrected chi connectivity index (χ2v) is 9.92. The molecule has 48 heavy (non-hydrogen) atoms. The summed E-state index contributed by atoms with van der Waals surface area (Å²) in [6.07, 6.45) is -7.14. The van der Waals surface area contributed by atoms with Crippen LogP contribution >= 0.6 is 0 Å². The monoisotopic (exact) mass is 688 g/mol. The lowest BCUT2D eigenvalue weighted by molar-refractivity contribution is -0.143. The fraction of sp³-hybridized carbons (Fsp3) is 0.312. The standard InChI is InChI=1S/C17H13F3N2O.C13H13F5N2O3.C2H6/c1-10-5-6-13(15-12(10)4-3-7-21-15)14-8-11(17(18,19)20)9-22(2)16(14)23;1-2-9(13(16,17)18)20-6-3-7(14)11(8(15)4-6)12(23)19-5-10(21)22;1-2/h3-9H,1-2H3;3-4,9,20H,2,5H2,1H3,(H,19,23)(H,21,22);1-2H3. The predicted molar refractivity (Wildman–Crippen MR) is 164 cm³/mol. The minimum atomic E-state index is -4.61. The number of benzene rings is 2. The Bertz CT molecular complexity index is 1800. The second-order valence-electron chi connectivity index (χ2n) is 9.92. The summed E-state index contributed by atoms with van der Waals surface area (Å²) in [6, 6.07) is 6.96. The van der Waals surface area contributed by atoms with E-state index in [9.17, 15) is 49.5 Å². The van der Waals surface area contributed by atoms with Crippen molar-refractivity contribution in [3.8, 4) is 11.1 Å². The van der Waals surface area contributed by atoms with E-state index in [2.05, 4.69) is 4.98 Å². The van der Waals surface area contributed by atoms with Crippen molar-refractivity contribution >= 4 is 28.5 Å². The van der Waals surface area contributed by atoms with Crippen LogP contribution in [0.25, 0.3) is 22.0 Å². The van der Waals surface area contributed by atoms with Crippen molar-refractivity contribution in [2.45, 2.75) is 52.5 Å². The first kappa shape index (κ1) is 39.2.